The second-order valence-corrected chi connectivity index (χ2v) is 4.91. The standard InChI is InChI=1S/C18H14N2O/c1-3-12-20-16-7-5-4-6-15(16)19-17(18(20)21)14-10-8-13(2)9-11-14/h1,4-11H,12H2,2H3. The van der Waals surface area contributed by atoms with Crippen LogP contribution < -0.4 is 5.56 Å². The average Bonchev–Trinajstić information content (AvgIpc) is 2.51. The highest BCUT2D eigenvalue weighted by Crippen LogP contribution is 2.18. The number of fused-ring (bicyclic) bond motifs is 1. The number of aryl methyl sites for hydroxylation is 1. The van der Waals surface area contributed by atoms with E-state index in [-0.39, 0.29) is 12.1 Å². The van der Waals surface area contributed by atoms with Crippen molar-refractivity contribution in [2.45, 2.75) is 13.5 Å². The maximum absolute atomic E-state index is 12.7. The molecule has 3 heteroatoms. The Hall–Kier alpha value is -2.86. The molecule has 0 aliphatic carbocycles. The van der Waals surface area contributed by atoms with Gasteiger partial charge in [0.15, 0.2) is 0 Å². The predicted octanol–water partition coefficient (Wildman–Crippen LogP) is 3.01. The van der Waals surface area contributed by atoms with Crippen molar-refractivity contribution in [3.63, 3.8) is 0 Å². The van der Waals surface area contributed by atoms with Gasteiger partial charge in [-0.1, -0.05) is 47.9 Å². The molecule has 0 atom stereocenters. The topological polar surface area (TPSA) is 34.9 Å². The molecule has 1 heterocycles. The maximum Gasteiger partial charge on any atom is 0.278 e. The van der Waals surface area contributed by atoms with E-state index in [0.717, 1.165) is 22.2 Å². The summed E-state index contributed by atoms with van der Waals surface area (Å²) in [5, 5.41) is 0. The number of nitrogens with zero attached hydrogens (tertiary/aromatic N) is 2. The number of hydrogen-bond acceptors (Lipinski definition) is 2. The third-order valence-electron chi connectivity index (χ3n) is 3.43. The Balaban J connectivity index is 2.34. The van der Waals surface area contributed by atoms with Crippen molar-refractivity contribution in [3.05, 3.63) is 64.4 Å². The minimum Gasteiger partial charge on any atom is -0.293 e. The average molecular weight is 274 g/mol. The number of hydrogen-bond donors (Lipinski definition) is 0. The smallest absolute Gasteiger partial charge is 0.278 e. The van der Waals surface area contributed by atoms with Crippen molar-refractivity contribution >= 4 is 11.0 Å². The molecule has 0 spiro atoms. The van der Waals surface area contributed by atoms with Crippen molar-refractivity contribution in [2.24, 2.45) is 0 Å². The van der Waals surface area contributed by atoms with Gasteiger partial charge in [-0.3, -0.25) is 9.36 Å². The molecular weight excluding hydrogens is 260 g/mol. The molecule has 2 aromatic carbocycles. The van der Waals surface area contributed by atoms with E-state index in [4.69, 9.17) is 6.42 Å². The molecule has 0 saturated heterocycles. The van der Waals surface area contributed by atoms with Gasteiger partial charge in [0.25, 0.3) is 5.56 Å². The first kappa shape index (κ1) is 13.1. The molecule has 3 nitrogen and oxygen atoms in total. The van der Waals surface area contributed by atoms with Gasteiger partial charge in [0.1, 0.15) is 5.69 Å². The van der Waals surface area contributed by atoms with Crippen molar-refractivity contribution < 1.29 is 0 Å². The molecule has 0 fully saturated rings. The van der Waals surface area contributed by atoms with E-state index in [1.165, 1.54) is 0 Å². The fourth-order valence-corrected chi connectivity index (χ4v) is 2.34. The van der Waals surface area contributed by atoms with Crippen LogP contribution in [0.1, 0.15) is 5.56 Å². The molecule has 0 aliphatic rings. The van der Waals surface area contributed by atoms with E-state index < -0.39 is 0 Å². The van der Waals surface area contributed by atoms with Gasteiger partial charge < -0.3 is 0 Å². The van der Waals surface area contributed by atoms with Gasteiger partial charge in [-0.15, -0.1) is 6.42 Å². The summed E-state index contributed by atoms with van der Waals surface area (Å²) in [6.07, 6.45) is 5.40. The lowest BCUT2D eigenvalue weighted by molar-refractivity contribution is 0.829. The quantitative estimate of drug-likeness (QED) is 0.673. The summed E-state index contributed by atoms with van der Waals surface area (Å²) >= 11 is 0. The Bertz CT molecular complexity index is 899. The number of benzene rings is 2. The molecular formula is C18H14N2O. The summed E-state index contributed by atoms with van der Waals surface area (Å²) in [5.74, 6) is 2.54. The molecule has 0 bridgehead atoms. The monoisotopic (exact) mass is 274 g/mol. The highest BCUT2D eigenvalue weighted by Gasteiger charge is 2.11. The SMILES string of the molecule is C#CCn1c(=O)c(-c2ccc(C)cc2)nc2ccccc21. The lowest BCUT2D eigenvalue weighted by Crippen LogP contribution is -2.23. The summed E-state index contributed by atoms with van der Waals surface area (Å²) in [5.41, 5.74) is 3.75. The van der Waals surface area contributed by atoms with Crippen LogP contribution in [-0.4, -0.2) is 9.55 Å². The zero-order valence-electron chi connectivity index (χ0n) is 11.7. The largest absolute Gasteiger partial charge is 0.293 e. The first-order chi connectivity index (χ1) is 10.2. The minimum atomic E-state index is -0.157. The van der Waals surface area contributed by atoms with Gasteiger partial charge in [0.05, 0.1) is 17.6 Å². The highest BCUT2D eigenvalue weighted by atomic mass is 16.1. The molecule has 0 N–H and O–H groups in total. The number of rotatable bonds is 2. The Morgan fingerprint density at radius 3 is 2.57 bits per heavy atom. The van der Waals surface area contributed by atoms with E-state index in [1.54, 1.807) is 4.57 Å². The summed E-state index contributed by atoms with van der Waals surface area (Å²) in [6.45, 7) is 2.24. The van der Waals surface area contributed by atoms with Gasteiger partial charge in [0, 0.05) is 5.56 Å². The maximum atomic E-state index is 12.7. The number of terminal acetylenes is 1. The Morgan fingerprint density at radius 1 is 1.14 bits per heavy atom. The van der Waals surface area contributed by atoms with Crippen LogP contribution in [-0.2, 0) is 6.54 Å². The Kier molecular flexibility index (Phi) is 3.29. The second kappa shape index (κ2) is 5.26. The highest BCUT2D eigenvalue weighted by molar-refractivity contribution is 5.77. The third kappa shape index (κ3) is 2.32. The molecule has 1 aromatic heterocycles. The van der Waals surface area contributed by atoms with Gasteiger partial charge in [-0.25, -0.2) is 4.98 Å². The first-order valence-corrected chi connectivity index (χ1v) is 6.71. The van der Waals surface area contributed by atoms with Crippen LogP contribution in [0.5, 0.6) is 0 Å². The lowest BCUT2D eigenvalue weighted by atomic mass is 10.1. The summed E-state index contributed by atoms with van der Waals surface area (Å²) in [7, 11) is 0. The van der Waals surface area contributed by atoms with E-state index in [0.29, 0.717) is 5.69 Å². The number of aromatic nitrogens is 2. The summed E-state index contributed by atoms with van der Waals surface area (Å²) in [4.78, 5) is 17.2. The van der Waals surface area contributed by atoms with Gasteiger partial charge >= 0.3 is 0 Å². The van der Waals surface area contributed by atoms with Crippen LogP contribution in [0.2, 0.25) is 0 Å². The van der Waals surface area contributed by atoms with Gasteiger partial charge in [-0.2, -0.15) is 0 Å². The second-order valence-electron chi connectivity index (χ2n) is 4.91. The van der Waals surface area contributed by atoms with Crippen LogP contribution in [0.3, 0.4) is 0 Å². The van der Waals surface area contributed by atoms with Crippen LogP contribution in [0.15, 0.2) is 53.3 Å². The summed E-state index contributed by atoms with van der Waals surface area (Å²) < 4.78 is 1.59. The normalized spacial score (nSPS) is 10.5. The molecule has 0 unspecified atom stereocenters. The molecule has 0 amide bonds. The fraction of sp³-hybridized carbons (Fsp3) is 0.111. The zero-order valence-corrected chi connectivity index (χ0v) is 11.7. The predicted molar refractivity (Wildman–Crippen MR) is 85.0 cm³/mol. The molecule has 0 saturated carbocycles. The van der Waals surface area contributed by atoms with E-state index in [2.05, 4.69) is 10.9 Å². The molecule has 0 radical (unpaired) electrons. The third-order valence-corrected chi connectivity index (χ3v) is 3.43. The molecule has 21 heavy (non-hydrogen) atoms. The van der Waals surface area contributed by atoms with Crippen molar-refractivity contribution in [3.8, 4) is 23.6 Å². The van der Waals surface area contributed by atoms with Gasteiger partial charge in [-0.05, 0) is 19.1 Å². The Morgan fingerprint density at radius 2 is 1.86 bits per heavy atom. The zero-order chi connectivity index (χ0) is 14.8. The van der Waals surface area contributed by atoms with Crippen LogP contribution in [0.25, 0.3) is 22.3 Å². The lowest BCUT2D eigenvalue weighted by Gasteiger charge is -2.10. The molecule has 0 aliphatic heterocycles. The van der Waals surface area contributed by atoms with Crippen molar-refractivity contribution in [1.29, 1.82) is 0 Å². The fourth-order valence-electron chi connectivity index (χ4n) is 2.34. The molecule has 102 valence electrons. The van der Waals surface area contributed by atoms with Gasteiger partial charge in [0.2, 0.25) is 0 Å². The van der Waals surface area contributed by atoms with Crippen LogP contribution in [0.4, 0.5) is 0 Å². The Labute approximate surface area is 122 Å². The summed E-state index contributed by atoms with van der Waals surface area (Å²) in [6, 6.07) is 15.3. The molecule has 3 rings (SSSR count). The van der Waals surface area contributed by atoms with Crippen LogP contribution in [0, 0.1) is 19.3 Å². The van der Waals surface area contributed by atoms with Crippen molar-refractivity contribution in [2.75, 3.05) is 0 Å². The first-order valence-electron chi connectivity index (χ1n) is 6.71. The number of para-hydroxylation sites is 2. The van der Waals surface area contributed by atoms with E-state index in [1.807, 2.05) is 55.5 Å². The van der Waals surface area contributed by atoms with E-state index in [9.17, 15) is 4.79 Å². The molecule has 3 aromatic rings. The van der Waals surface area contributed by atoms with E-state index >= 15 is 0 Å². The minimum absolute atomic E-state index is 0.157. The van der Waals surface area contributed by atoms with Crippen molar-refractivity contribution in [1.82, 2.24) is 9.55 Å². The van der Waals surface area contributed by atoms with Crippen LogP contribution >= 0.6 is 0 Å².